The van der Waals surface area contributed by atoms with Crippen molar-refractivity contribution in [2.45, 2.75) is 13.3 Å². The van der Waals surface area contributed by atoms with Crippen LogP contribution in [0.15, 0.2) is 12.7 Å². The summed E-state index contributed by atoms with van der Waals surface area (Å²) in [6.07, 6.45) is 2.50. The van der Waals surface area contributed by atoms with E-state index < -0.39 is 0 Å². The molecule has 0 unspecified atom stereocenters. The number of hydrogen-bond donors (Lipinski definition) is 1. The van der Waals surface area contributed by atoms with E-state index in [1.165, 1.54) is 19.0 Å². The Morgan fingerprint density at radius 2 is 1.86 bits per heavy atom. The number of nitrogens with one attached hydrogen (secondary N) is 1. The summed E-state index contributed by atoms with van der Waals surface area (Å²) in [6, 6.07) is 0. The van der Waals surface area contributed by atoms with E-state index >= 15 is 0 Å². The van der Waals surface area contributed by atoms with Gasteiger partial charge in [-0.2, -0.15) is 0 Å². The zero-order valence-electron chi connectivity index (χ0n) is 9.93. The summed E-state index contributed by atoms with van der Waals surface area (Å²) in [7, 11) is 8.19. The summed E-state index contributed by atoms with van der Waals surface area (Å²) in [4.78, 5) is 9.95. The second-order valence-corrected chi connectivity index (χ2v) is 3.83. The van der Waals surface area contributed by atoms with Gasteiger partial charge >= 0.3 is 0 Å². The van der Waals surface area contributed by atoms with E-state index in [0.717, 1.165) is 4.48 Å². The van der Waals surface area contributed by atoms with E-state index in [1.54, 1.807) is 7.05 Å². The van der Waals surface area contributed by atoms with Crippen LogP contribution < -0.4 is 22.3 Å². The highest BCUT2D eigenvalue weighted by atomic mass is 79.9. The Hall–Kier alpha value is -0.350. The Kier molecular flexibility index (Phi) is 14.8. The molecule has 86 valence electrons. The smallest absolute Gasteiger partial charge is 0.243 e. The molecule has 0 radical (unpaired) electrons. The number of rotatable bonds is 3. The number of likely N-dealkylation sites (N-methyl/N-ethyl adjacent to an activating group) is 1. The van der Waals surface area contributed by atoms with Crippen LogP contribution in [0, 0.1) is 0 Å². The van der Waals surface area contributed by atoms with Crippen molar-refractivity contribution in [2.24, 2.45) is 0 Å². The van der Waals surface area contributed by atoms with Gasteiger partial charge in [-0.25, -0.2) is 0 Å². The van der Waals surface area contributed by atoms with Gasteiger partial charge in [0, 0.05) is 7.05 Å². The lowest BCUT2D eigenvalue weighted by atomic mass is 10.4. The highest BCUT2D eigenvalue weighted by molar-refractivity contribution is 5.86. The van der Waals surface area contributed by atoms with Gasteiger partial charge in [-0.15, -0.1) is 0 Å². The predicted molar refractivity (Wildman–Crippen MR) is 57.5 cm³/mol. The highest BCUT2D eigenvalue weighted by Crippen LogP contribution is 1.90. The molecule has 0 bridgehead atoms. The molecule has 0 aliphatic rings. The first-order valence-corrected chi connectivity index (χ1v) is 4.52. The Labute approximate surface area is 98.5 Å². The van der Waals surface area contributed by atoms with Crippen molar-refractivity contribution in [1.29, 1.82) is 0 Å². The van der Waals surface area contributed by atoms with Gasteiger partial charge in [0.05, 0.1) is 27.7 Å². The highest BCUT2D eigenvalue weighted by Gasteiger charge is 2.01. The predicted octanol–water partition coefficient (Wildman–Crippen LogP) is -1.97. The molecule has 0 rings (SSSR count). The summed E-state index contributed by atoms with van der Waals surface area (Å²) in [5.41, 5.74) is 0. The average molecular weight is 267 g/mol. The minimum absolute atomic E-state index is 0. The number of nitrogens with zero attached hydrogens (tertiary/aromatic N) is 1. The first-order chi connectivity index (χ1) is 5.87. The average Bonchev–Trinajstić information content (AvgIpc) is 2.02. The molecular weight excluding hydrogens is 244 g/mol. The van der Waals surface area contributed by atoms with E-state index in [9.17, 15) is 4.79 Å². The summed E-state index contributed by atoms with van der Waals surface area (Å²) < 4.78 is 1.09. The molecule has 0 saturated carbocycles. The van der Waals surface area contributed by atoms with Crippen molar-refractivity contribution < 1.29 is 26.3 Å². The third-order valence-electron chi connectivity index (χ3n) is 1.33. The molecular formula is C10H23BrN2O. The largest absolute Gasteiger partial charge is 1.00 e. The summed E-state index contributed by atoms with van der Waals surface area (Å²) in [6.45, 7) is 6.71. The fraction of sp³-hybridized carbons (Fsp3) is 0.700. The molecule has 14 heavy (non-hydrogen) atoms. The fourth-order valence-electron chi connectivity index (χ4n) is 0.773. The summed E-state index contributed by atoms with van der Waals surface area (Å²) >= 11 is 0. The quantitative estimate of drug-likeness (QED) is 0.466. The normalized spacial score (nSPS) is 8.93. The van der Waals surface area contributed by atoms with Crippen molar-refractivity contribution in [3.63, 3.8) is 0 Å². The molecule has 0 aliphatic carbocycles. The fourth-order valence-corrected chi connectivity index (χ4v) is 0.773. The second-order valence-electron chi connectivity index (χ2n) is 3.83. The van der Waals surface area contributed by atoms with Crippen LogP contribution in [-0.2, 0) is 4.79 Å². The first-order valence-electron chi connectivity index (χ1n) is 4.52. The molecule has 1 N–H and O–H groups in total. The van der Waals surface area contributed by atoms with Gasteiger partial charge < -0.3 is 26.8 Å². The lowest BCUT2D eigenvalue weighted by molar-refractivity contribution is -0.870. The maximum Gasteiger partial charge on any atom is 0.243 e. The summed E-state index contributed by atoms with van der Waals surface area (Å²) in [5, 5.41) is 2.36. The number of halogens is 1. The molecule has 0 saturated heterocycles. The van der Waals surface area contributed by atoms with E-state index in [1.807, 2.05) is 0 Å². The van der Waals surface area contributed by atoms with Gasteiger partial charge in [-0.3, -0.25) is 4.79 Å². The lowest BCUT2D eigenvalue weighted by Gasteiger charge is -2.22. The molecule has 0 spiro atoms. The van der Waals surface area contributed by atoms with Crippen LogP contribution in [-0.4, -0.2) is 45.1 Å². The maximum absolute atomic E-state index is 9.95. The Morgan fingerprint density at radius 3 is 1.86 bits per heavy atom. The van der Waals surface area contributed by atoms with Crippen LogP contribution in [0.3, 0.4) is 0 Å². The van der Waals surface area contributed by atoms with Gasteiger partial charge in [-0.1, -0.05) is 13.5 Å². The van der Waals surface area contributed by atoms with E-state index in [0.29, 0.717) is 0 Å². The number of hydrogen-bond acceptors (Lipinski definition) is 1. The van der Waals surface area contributed by atoms with Crippen LogP contribution in [0.1, 0.15) is 13.3 Å². The molecule has 0 fully saturated rings. The van der Waals surface area contributed by atoms with E-state index in [2.05, 4.69) is 40.0 Å². The van der Waals surface area contributed by atoms with Crippen LogP contribution in [0.4, 0.5) is 0 Å². The van der Waals surface area contributed by atoms with Gasteiger partial charge in [0.1, 0.15) is 0 Å². The van der Waals surface area contributed by atoms with Crippen LogP contribution in [0.25, 0.3) is 0 Å². The third kappa shape index (κ3) is 22.6. The van der Waals surface area contributed by atoms with Crippen molar-refractivity contribution in [2.75, 3.05) is 34.7 Å². The third-order valence-corrected chi connectivity index (χ3v) is 1.33. The van der Waals surface area contributed by atoms with Gasteiger partial charge in [-0.05, 0) is 12.5 Å². The molecule has 4 heteroatoms. The van der Waals surface area contributed by atoms with Crippen LogP contribution in [0.2, 0.25) is 0 Å². The minimum Gasteiger partial charge on any atom is -1.00 e. The molecule has 0 aliphatic heterocycles. The van der Waals surface area contributed by atoms with E-state index in [4.69, 9.17) is 0 Å². The molecule has 0 aromatic rings. The SMILES string of the molecule is C=CC(=O)NC.CCC[N+](C)(C)C.[Br-]. The number of amides is 1. The van der Waals surface area contributed by atoms with Gasteiger partial charge in [0.15, 0.2) is 0 Å². The van der Waals surface area contributed by atoms with Crippen molar-refractivity contribution in [1.82, 2.24) is 5.32 Å². The molecule has 0 heterocycles. The molecule has 0 atom stereocenters. The van der Waals surface area contributed by atoms with Gasteiger partial charge in [0.25, 0.3) is 0 Å². The topological polar surface area (TPSA) is 29.1 Å². The van der Waals surface area contributed by atoms with Crippen LogP contribution >= 0.6 is 0 Å². The zero-order chi connectivity index (χ0) is 10.9. The molecule has 1 amide bonds. The minimum atomic E-state index is -0.144. The number of quaternary nitrogens is 1. The Morgan fingerprint density at radius 1 is 1.43 bits per heavy atom. The Balaban J connectivity index is -0.000000163. The van der Waals surface area contributed by atoms with Crippen molar-refractivity contribution in [3.05, 3.63) is 12.7 Å². The molecule has 0 aromatic carbocycles. The molecule has 3 nitrogen and oxygen atoms in total. The van der Waals surface area contributed by atoms with Crippen molar-refractivity contribution >= 4 is 5.91 Å². The van der Waals surface area contributed by atoms with Crippen LogP contribution in [0.5, 0.6) is 0 Å². The van der Waals surface area contributed by atoms with Crippen molar-refractivity contribution in [3.8, 4) is 0 Å². The molecule has 0 aromatic heterocycles. The monoisotopic (exact) mass is 266 g/mol. The number of carbonyl (C=O) groups is 1. The maximum atomic E-state index is 9.95. The zero-order valence-corrected chi connectivity index (χ0v) is 11.5. The summed E-state index contributed by atoms with van der Waals surface area (Å²) in [5.74, 6) is -0.144. The van der Waals surface area contributed by atoms with Gasteiger partial charge in [0.2, 0.25) is 5.91 Å². The Bertz CT molecular complexity index is 153. The lowest BCUT2D eigenvalue weighted by Crippen LogP contribution is -3.00. The number of carbonyl (C=O) groups excluding carboxylic acids is 1. The van der Waals surface area contributed by atoms with E-state index in [-0.39, 0.29) is 22.9 Å². The second kappa shape index (κ2) is 10.7. The standard InChI is InChI=1S/C6H16N.C4H7NO.BrH/c1-5-6-7(2,3)4;1-3-4(6)5-2;/h5-6H2,1-4H3;3H,1H2,2H3,(H,5,6);1H/q+1;;/p-1. The first kappa shape index (κ1) is 19.3.